The van der Waals surface area contributed by atoms with Crippen LogP contribution in [0.3, 0.4) is 0 Å². The highest BCUT2D eigenvalue weighted by Gasteiger charge is 2.47. The Morgan fingerprint density at radius 3 is 2.86 bits per heavy atom. The molecule has 0 aliphatic carbocycles. The van der Waals surface area contributed by atoms with Gasteiger partial charge in [-0.2, -0.15) is 0 Å². The highest BCUT2D eigenvalue weighted by molar-refractivity contribution is 9.10. The monoisotopic (exact) mass is 273 g/mol. The van der Waals surface area contributed by atoms with Crippen LogP contribution in [0.25, 0.3) is 0 Å². The number of benzene rings is 1. The van der Waals surface area contributed by atoms with E-state index in [1.54, 1.807) is 12.1 Å². The van der Waals surface area contributed by atoms with E-state index < -0.39 is 14.4 Å². The van der Waals surface area contributed by atoms with E-state index in [2.05, 4.69) is 15.9 Å². The number of halogens is 2. The second-order valence-corrected chi connectivity index (χ2v) is 6.70. The minimum atomic E-state index is -1.29. The summed E-state index contributed by atoms with van der Waals surface area (Å²) in [6.07, 6.45) is 0. The van der Waals surface area contributed by atoms with Crippen molar-refractivity contribution in [2.75, 3.05) is 0 Å². The average molecular weight is 274 g/mol. The van der Waals surface area contributed by atoms with Crippen molar-refractivity contribution in [2.24, 2.45) is 0 Å². The minimum absolute atomic E-state index is 0.0973. The van der Waals surface area contributed by atoms with E-state index in [9.17, 15) is 9.18 Å². The lowest BCUT2D eigenvalue weighted by atomic mass is 10.2. The molecule has 2 nitrogen and oxygen atoms in total. The largest absolute Gasteiger partial charge is 0.486 e. The summed E-state index contributed by atoms with van der Waals surface area (Å²) >= 11 is 3.06. The van der Waals surface area contributed by atoms with Crippen LogP contribution in [0.1, 0.15) is 11.1 Å². The van der Waals surface area contributed by atoms with Gasteiger partial charge in [0.1, 0.15) is 5.82 Å². The Morgan fingerprint density at radius 1 is 1.64 bits per heavy atom. The van der Waals surface area contributed by atoms with E-state index in [0.717, 1.165) is 11.6 Å². The fraction of sp³-hybridized carbons (Fsp3) is 0.222. The summed E-state index contributed by atoms with van der Waals surface area (Å²) < 4.78 is 13.5. The van der Waals surface area contributed by atoms with Crippen LogP contribution >= 0.6 is 15.9 Å². The van der Waals surface area contributed by atoms with Crippen LogP contribution in [0, 0.1) is 5.82 Å². The quantitative estimate of drug-likeness (QED) is 0.842. The standard InChI is InChI=1S/C9H7BrFO2Si/c10-6-2-1-5(3-7(6)11)8-4-14(8)9(12)13/h1-3,8H,4H2,(H,12,13)/t8-/m1/s1. The molecule has 1 radical (unpaired) electrons. The van der Waals surface area contributed by atoms with E-state index in [1.165, 1.54) is 6.07 Å². The van der Waals surface area contributed by atoms with Crippen molar-refractivity contribution in [1.82, 2.24) is 0 Å². The average Bonchev–Trinajstić information content (AvgIpc) is 2.89. The Kier molecular flexibility index (Phi) is 2.44. The normalized spacial score (nSPS) is 20.9. The van der Waals surface area contributed by atoms with E-state index in [1.807, 2.05) is 0 Å². The van der Waals surface area contributed by atoms with Gasteiger partial charge in [0.05, 0.1) is 4.47 Å². The molecule has 1 aliphatic heterocycles. The molecule has 1 saturated heterocycles. The van der Waals surface area contributed by atoms with Gasteiger partial charge >= 0.3 is 0 Å². The van der Waals surface area contributed by atoms with Crippen molar-refractivity contribution in [1.29, 1.82) is 0 Å². The lowest BCUT2D eigenvalue weighted by molar-refractivity contribution is 0.219. The van der Waals surface area contributed by atoms with Crippen molar-refractivity contribution < 1.29 is 14.3 Å². The smallest absolute Gasteiger partial charge is 0.268 e. The second kappa shape index (κ2) is 3.47. The van der Waals surface area contributed by atoms with Crippen LogP contribution < -0.4 is 0 Å². The summed E-state index contributed by atoms with van der Waals surface area (Å²) in [7, 11) is -1.29. The second-order valence-electron chi connectivity index (χ2n) is 3.26. The Bertz CT molecular complexity index is 396. The van der Waals surface area contributed by atoms with Crippen LogP contribution in [0.5, 0.6) is 0 Å². The zero-order chi connectivity index (χ0) is 10.3. The molecular formula is C9H7BrFO2Si. The maximum Gasteiger partial charge on any atom is 0.268 e. The van der Waals surface area contributed by atoms with Crippen LogP contribution in [0.15, 0.2) is 22.7 Å². The number of carbonyl (C=O) groups is 1. The summed E-state index contributed by atoms with van der Waals surface area (Å²) in [5, 5.41) is 8.75. The maximum atomic E-state index is 13.1. The number of hydrogen-bond donors (Lipinski definition) is 1. The van der Waals surface area contributed by atoms with Crippen molar-refractivity contribution in [3.05, 3.63) is 34.1 Å². The third-order valence-electron chi connectivity index (χ3n) is 2.31. The van der Waals surface area contributed by atoms with Crippen molar-refractivity contribution in [2.45, 2.75) is 11.6 Å². The zero-order valence-electron chi connectivity index (χ0n) is 7.13. The molecule has 0 spiro atoms. The van der Waals surface area contributed by atoms with Crippen LogP contribution in [-0.4, -0.2) is 19.5 Å². The number of rotatable bonds is 2. The molecule has 1 atom stereocenters. The van der Waals surface area contributed by atoms with E-state index in [4.69, 9.17) is 5.11 Å². The Hall–Kier alpha value is -0.683. The van der Waals surface area contributed by atoms with Gasteiger partial charge < -0.3 is 5.11 Å². The van der Waals surface area contributed by atoms with Crippen LogP contribution in [-0.2, 0) is 0 Å². The third-order valence-corrected chi connectivity index (χ3v) is 5.20. The first-order valence-electron chi connectivity index (χ1n) is 4.13. The fourth-order valence-corrected chi connectivity index (χ4v) is 3.61. The van der Waals surface area contributed by atoms with Gasteiger partial charge in [-0.1, -0.05) is 6.07 Å². The van der Waals surface area contributed by atoms with Gasteiger partial charge in [-0.15, -0.1) is 0 Å². The molecule has 0 bridgehead atoms. The van der Waals surface area contributed by atoms with E-state index >= 15 is 0 Å². The SMILES string of the molecule is O=C(O)[Si]1C[C@@H]1c1ccc(Br)c(F)c1. The van der Waals surface area contributed by atoms with Crippen LogP contribution in [0.2, 0.25) is 6.04 Å². The van der Waals surface area contributed by atoms with Gasteiger partial charge in [0.2, 0.25) is 0 Å². The highest BCUT2D eigenvalue weighted by atomic mass is 79.9. The summed E-state index contributed by atoms with van der Waals surface area (Å²) in [5.74, 6) is -0.318. The van der Waals surface area contributed by atoms with Gasteiger partial charge in [0.15, 0.2) is 8.80 Å². The molecule has 0 unspecified atom stereocenters. The van der Waals surface area contributed by atoms with Crippen molar-refractivity contribution in [3.63, 3.8) is 0 Å². The van der Waals surface area contributed by atoms with Crippen LogP contribution in [0.4, 0.5) is 9.18 Å². The molecule has 1 fully saturated rings. The van der Waals surface area contributed by atoms with Gasteiger partial charge in [0.25, 0.3) is 5.59 Å². The van der Waals surface area contributed by atoms with Gasteiger partial charge in [-0.3, -0.25) is 4.79 Å². The lowest BCUT2D eigenvalue weighted by Gasteiger charge is -1.99. The molecule has 1 heterocycles. The number of hydrogen-bond acceptors (Lipinski definition) is 1. The maximum absolute atomic E-state index is 13.1. The van der Waals surface area contributed by atoms with Crippen molar-refractivity contribution >= 4 is 30.3 Å². The topological polar surface area (TPSA) is 37.3 Å². The van der Waals surface area contributed by atoms with E-state index in [-0.39, 0.29) is 11.4 Å². The highest BCUT2D eigenvalue weighted by Crippen LogP contribution is 2.41. The predicted molar refractivity (Wildman–Crippen MR) is 55.4 cm³/mol. The van der Waals surface area contributed by atoms with Gasteiger partial charge in [-0.05, 0) is 45.2 Å². The molecule has 1 aliphatic rings. The first-order valence-corrected chi connectivity index (χ1v) is 6.71. The molecule has 5 heteroatoms. The minimum Gasteiger partial charge on any atom is -0.486 e. The van der Waals surface area contributed by atoms with E-state index in [0.29, 0.717) is 4.47 Å². The first-order chi connectivity index (χ1) is 6.59. The zero-order valence-corrected chi connectivity index (χ0v) is 9.71. The molecule has 1 aromatic carbocycles. The van der Waals surface area contributed by atoms with Gasteiger partial charge in [0, 0.05) is 0 Å². The predicted octanol–water partition coefficient (Wildman–Crippen LogP) is 2.98. The fourth-order valence-electron chi connectivity index (χ4n) is 1.45. The third kappa shape index (κ3) is 1.74. The molecule has 0 saturated carbocycles. The molecular weight excluding hydrogens is 267 g/mol. The van der Waals surface area contributed by atoms with Gasteiger partial charge in [-0.25, -0.2) is 4.39 Å². The number of carboxylic acid groups (broad SMARTS) is 1. The molecule has 73 valence electrons. The summed E-state index contributed by atoms with van der Waals surface area (Å²) in [4.78, 5) is 10.6. The Morgan fingerprint density at radius 2 is 2.36 bits per heavy atom. The summed E-state index contributed by atoms with van der Waals surface area (Å²) in [6, 6.07) is 5.57. The first kappa shape index (κ1) is 9.86. The molecule has 14 heavy (non-hydrogen) atoms. The molecule has 2 rings (SSSR count). The molecule has 1 aromatic rings. The Labute approximate surface area is 90.5 Å². The lowest BCUT2D eigenvalue weighted by Crippen LogP contribution is -2.08. The summed E-state index contributed by atoms with van der Waals surface area (Å²) in [6.45, 7) is 0. The van der Waals surface area contributed by atoms with Crippen molar-refractivity contribution in [3.8, 4) is 0 Å². The molecule has 1 N–H and O–H groups in total. The molecule has 0 aromatic heterocycles. The summed E-state index contributed by atoms with van der Waals surface area (Å²) in [5.41, 5.74) is 0.227. The molecule has 0 amide bonds. The Balaban J connectivity index is 2.20.